The molecule has 0 radical (unpaired) electrons. The van der Waals surface area contributed by atoms with Crippen LogP contribution < -0.4 is 10.1 Å². The first-order chi connectivity index (χ1) is 9.13. The lowest BCUT2D eigenvalue weighted by Gasteiger charge is -2.26. The quantitative estimate of drug-likeness (QED) is 0.718. The van der Waals surface area contributed by atoms with Crippen LogP contribution >= 0.6 is 0 Å². The first kappa shape index (κ1) is 13.4. The predicted octanol–water partition coefficient (Wildman–Crippen LogP) is 0.114. The van der Waals surface area contributed by atoms with Crippen molar-refractivity contribution in [2.75, 3.05) is 13.2 Å². The van der Waals surface area contributed by atoms with Crippen molar-refractivity contribution in [2.45, 2.75) is 18.4 Å². The number of carboxylic acids is 1. The van der Waals surface area contributed by atoms with Gasteiger partial charge in [0, 0.05) is 5.56 Å². The number of aliphatic carboxylic acids is 1. The fourth-order valence-corrected chi connectivity index (χ4v) is 2.07. The Bertz CT molecular complexity index is 488. The van der Waals surface area contributed by atoms with Gasteiger partial charge in [0.1, 0.15) is 11.8 Å². The standard InChI is InChI=1S/C13H15NO5/c15-7-10(13(17)18)14-12(16)9-5-6-19-11-4-2-1-3-8(9)11/h1-4,9-10,15H,5-7H2,(H,14,16)(H,17,18)/t9?,10-/m1/s1. The molecule has 1 heterocycles. The SMILES string of the molecule is O=C(N[C@H](CO)C(=O)O)C1CCOc2ccccc21. The molecule has 6 nitrogen and oxygen atoms in total. The van der Waals surface area contributed by atoms with E-state index in [1.807, 2.05) is 6.07 Å². The monoisotopic (exact) mass is 265 g/mol. The number of hydrogen-bond donors (Lipinski definition) is 3. The number of hydrogen-bond acceptors (Lipinski definition) is 4. The van der Waals surface area contributed by atoms with E-state index in [1.54, 1.807) is 18.2 Å². The molecule has 1 unspecified atom stereocenters. The first-order valence-electron chi connectivity index (χ1n) is 5.99. The molecule has 1 aliphatic rings. The van der Waals surface area contributed by atoms with Gasteiger partial charge in [0.15, 0.2) is 0 Å². The number of ether oxygens (including phenoxy) is 1. The van der Waals surface area contributed by atoms with Crippen molar-refractivity contribution in [1.29, 1.82) is 0 Å². The van der Waals surface area contributed by atoms with Crippen LogP contribution in [0.3, 0.4) is 0 Å². The Morgan fingerprint density at radius 1 is 1.42 bits per heavy atom. The van der Waals surface area contributed by atoms with Gasteiger partial charge in [0.25, 0.3) is 0 Å². The van der Waals surface area contributed by atoms with Crippen LogP contribution in [-0.4, -0.2) is 41.3 Å². The molecule has 6 heteroatoms. The largest absolute Gasteiger partial charge is 0.493 e. The van der Waals surface area contributed by atoms with Crippen LogP contribution in [0, 0.1) is 0 Å². The molecular formula is C13H15NO5. The van der Waals surface area contributed by atoms with E-state index in [2.05, 4.69) is 5.32 Å². The molecule has 0 fully saturated rings. The van der Waals surface area contributed by atoms with Gasteiger partial charge in [0.2, 0.25) is 5.91 Å². The third-order valence-electron chi connectivity index (χ3n) is 3.07. The van der Waals surface area contributed by atoms with Gasteiger partial charge in [-0.25, -0.2) is 4.79 Å². The minimum Gasteiger partial charge on any atom is -0.493 e. The number of aliphatic hydroxyl groups excluding tert-OH is 1. The number of aliphatic hydroxyl groups is 1. The van der Waals surface area contributed by atoms with E-state index in [1.165, 1.54) is 0 Å². The highest BCUT2D eigenvalue weighted by molar-refractivity contribution is 5.88. The molecule has 1 aromatic carbocycles. The van der Waals surface area contributed by atoms with Crippen molar-refractivity contribution >= 4 is 11.9 Å². The van der Waals surface area contributed by atoms with Crippen LogP contribution in [0.25, 0.3) is 0 Å². The topological polar surface area (TPSA) is 95.9 Å². The van der Waals surface area contributed by atoms with E-state index < -0.39 is 30.4 Å². The summed E-state index contributed by atoms with van der Waals surface area (Å²) in [4.78, 5) is 22.9. The number of rotatable bonds is 4. The summed E-state index contributed by atoms with van der Waals surface area (Å²) in [5, 5.41) is 20.1. The second kappa shape index (κ2) is 5.71. The molecule has 0 spiro atoms. The van der Waals surface area contributed by atoms with Crippen LogP contribution in [0.5, 0.6) is 5.75 Å². The number of para-hydroxylation sites is 1. The number of benzene rings is 1. The summed E-state index contributed by atoms with van der Waals surface area (Å²) in [6, 6.07) is 5.90. The van der Waals surface area contributed by atoms with Gasteiger partial charge >= 0.3 is 5.97 Å². The zero-order valence-corrected chi connectivity index (χ0v) is 10.2. The Kier molecular flexibility index (Phi) is 4.01. The van der Waals surface area contributed by atoms with E-state index in [4.69, 9.17) is 14.9 Å². The maximum Gasteiger partial charge on any atom is 0.328 e. The van der Waals surface area contributed by atoms with Gasteiger partial charge in [-0.3, -0.25) is 4.79 Å². The predicted molar refractivity (Wildman–Crippen MR) is 65.9 cm³/mol. The van der Waals surface area contributed by atoms with E-state index >= 15 is 0 Å². The summed E-state index contributed by atoms with van der Waals surface area (Å²) in [6.45, 7) is -0.224. The average Bonchev–Trinajstić information content (AvgIpc) is 2.43. The Morgan fingerprint density at radius 3 is 2.84 bits per heavy atom. The van der Waals surface area contributed by atoms with Gasteiger partial charge < -0.3 is 20.3 Å². The highest BCUT2D eigenvalue weighted by Gasteiger charge is 2.30. The van der Waals surface area contributed by atoms with Gasteiger partial charge in [-0.1, -0.05) is 18.2 Å². The highest BCUT2D eigenvalue weighted by atomic mass is 16.5. The second-order valence-corrected chi connectivity index (χ2v) is 4.31. The summed E-state index contributed by atoms with van der Waals surface area (Å²) >= 11 is 0. The lowest BCUT2D eigenvalue weighted by atomic mass is 9.92. The van der Waals surface area contributed by atoms with Crippen molar-refractivity contribution in [3.8, 4) is 5.75 Å². The number of fused-ring (bicyclic) bond motifs is 1. The van der Waals surface area contributed by atoms with E-state index in [0.717, 1.165) is 5.56 Å². The molecule has 19 heavy (non-hydrogen) atoms. The molecule has 1 aromatic rings. The maximum absolute atomic E-state index is 12.1. The summed E-state index contributed by atoms with van der Waals surface area (Å²) in [7, 11) is 0. The van der Waals surface area contributed by atoms with E-state index in [9.17, 15) is 9.59 Å². The molecule has 1 amide bonds. The molecule has 1 aliphatic heterocycles. The first-order valence-corrected chi connectivity index (χ1v) is 5.99. The van der Waals surface area contributed by atoms with Crippen molar-refractivity contribution in [3.05, 3.63) is 29.8 Å². The van der Waals surface area contributed by atoms with E-state index in [-0.39, 0.29) is 0 Å². The van der Waals surface area contributed by atoms with Crippen LogP contribution in [0.1, 0.15) is 17.9 Å². The minimum atomic E-state index is -1.28. The molecule has 102 valence electrons. The number of carbonyl (C=O) groups excluding carboxylic acids is 1. The fourth-order valence-electron chi connectivity index (χ4n) is 2.07. The fraction of sp³-hybridized carbons (Fsp3) is 0.385. The Hall–Kier alpha value is -2.08. The molecule has 2 atom stereocenters. The Morgan fingerprint density at radius 2 is 2.16 bits per heavy atom. The van der Waals surface area contributed by atoms with Gasteiger partial charge in [-0.15, -0.1) is 0 Å². The van der Waals surface area contributed by atoms with Crippen LogP contribution in [-0.2, 0) is 9.59 Å². The summed E-state index contributed by atoms with van der Waals surface area (Å²) in [5.41, 5.74) is 0.744. The van der Waals surface area contributed by atoms with Crippen LogP contribution in [0.15, 0.2) is 24.3 Å². The molecular weight excluding hydrogens is 250 g/mol. The second-order valence-electron chi connectivity index (χ2n) is 4.31. The molecule has 0 saturated carbocycles. The number of carboxylic acid groups (broad SMARTS) is 1. The third kappa shape index (κ3) is 2.85. The van der Waals surface area contributed by atoms with Gasteiger partial charge in [0.05, 0.1) is 19.1 Å². The lowest BCUT2D eigenvalue weighted by Crippen LogP contribution is -2.45. The smallest absolute Gasteiger partial charge is 0.328 e. The summed E-state index contributed by atoms with van der Waals surface area (Å²) < 4.78 is 5.44. The number of carbonyl (C=O) groups is 2. The van der Waals surface area contributed by atoms with Crippen molar-refractivity contribution < 1.29 is 24.5 Å². The van der Waals surface area contributed by atoms with Crippen molar-refractivity contribution in [2.24, 2.45) is 0 Å². The van der Waals surface area contributed by atoms with Crippen molar-refractivity contribution in [1.82, 2.24) is 5.32 Å². The normalized spacial score (nSPS) is 18.9. The zero-order valence-electron chi connectivity index (χ0n) is 10.2. The molecule has 0 aliphatic carbocycles. The van der Waals surface area contributed by atoms with Gasteiger partial charge in [-0.05, 0) is 12.5 Å². The number of amides is 1. The Labute approximate surface area is 110 Å². The van der Waals surface area contributed by atoms with Crippen molar-refractivity contribution in [3.63, 3.8) is 0 Å². The average molecular weight is 265 g/mol. The maximum atomic E-state index is 12.1. The minimum absolute atomic E-state index is 0.405. The molecule has 0 aromatic heterocycles. The van der Waals surface area contributed by atoms with Crippen LogP contribution in [0.2, 0.25) is 0 Å². The summed E-state index contributed by atoms with van der Waals surface area (Å²) in [5.74, 6) is -1.46. The lowest BCUT2D eigenvalue weighted by molar-refractivity contribution is -0.143. The molecule has 3 N–H and O–H groups in total. The Balaban J connectivity index is 2.15. The molecule has 0 bridgehead atoms. The highest BCUT2D eigenvalue weighted by Crippen LogP contribution is 2.33. The van der Waals surface area contributed by atoms with Gasteiger partial charge in [-0.2, -0.15) is 0 Å². The zero-order chi connectivity index (χ0) is 13.8. The number of nitrogens with one attached hydrogen (secondary N) is 1. The summed E-state index contributed by atoms with van der Waals surface area (Å²) in [6.07, 6.45) is 0.487. The van der Waals surface area contributed by atoms with E-state index in [0.29, 0.717) is 18.8 Å². The molecule has 0 saturated heterocycles. The molecule has 2 rings (SSSR count). The third-order valence-corrected chi connectivity index (χ3v) is 3.07. The van der Waals surface area contributed by atoms with Crippen LogP contribution in [0.4, 0.5) is 0 Å².